The molecule has 1 amide bonds. The average Bonchev–Trinajstić information content (AvgIpc) is 2.71. The topological polar surface area (TPSA) is 71.9 Å². The fourth-order valence-corrected chi connectivity index (χ4v) is 4.29. The molecule has 2 saturated heterocycles. The standard InChI is InChI=1S/C21H21F3N2O4/c22-21(23,24)18-17(7-4-8-25-18)20(28)9-15-12-29-13-16(10-20)26(15)19(27)30-11-14-5-2-1-3-6-14/h1-8,15-16,28H,9-13H2. The lowest BCUT2D eigenvalue weighted by Gasteiger charge is -2.51. The molecule has 2 bridgehead atoms. The van der Waals surface area contributed by atoms with Crippen LogP contribution in [0.1, 0.15) is 29.7 Å². The predicted molar refractivity (Wildman–Crippen MR) is 99.2 cm³/mol. The van der Waals surface area contributed by atoms with Gasteiger partial charge in [-0.05, 0) is 11.6 Å². The summed E-state index contributed by atoms with van der Waals surface area (Å²) in [5, 5.41) is 11.2. The zero-order valence-electron chi connectivity index (χ0n) is 16.0. The van der Waals surface area contributed by atoms with Crippen molar-refractivity contribution in [3.05, 3.63) is 65.5 Å². The van der Waals surface area contributed by atoms with E-state index in [-0.39, 0.29) is 38.2 Å². The van der Waals surface area contributed by atoms with Crippen molar-refractivity contribution in [3.63, 3.8) is 0 Å². The molecule has 0 aliphatic carbocycles. The number of carbonyl (C=O) groups excluding carboxylic acids is 1. The number of hydrogen-bond donors (Lipinski definition) is 1. The Morgan fingerprint density at radius 3 is 2.47 bits per heavy atom. The first-order valence-corrected chi connectivity index (χ1v) is 9.60. The van der Waals surface area contributed by atoms with Crippen molar-refractivity contribution in [2.45, 2.75) is 43.3 Å². The van der Waals surface area contributed by atoms with Gasteiger partial charge in [-0.1, -0.05) is 36.4 Å². The number of pyridine rings is 1. The summed E-state index contributed by atoms with van der Waals surface area (Å²) < 4.78 is 51.3. The molecule has 2 unspecified atom stereocenters. The number of rotatable bonds is 3. The van der Waals surface area contributed by atoms with E-state index < -0.39 is 35.6 Å². The zero-order chi connectivity index (χ0) is 21.4. The number of hydrogen-bond acceptors (Lipinski definition) is 5. The number of ether oxygens (including phenoxy) is 2. The van der Waals surface area contributed by atoms with Gasteiger partial charge >= 0.3 is 12.3 Å². The summed E-state index contributed by atoms with van der Waals surface area (Å²) in [5.74, 6) is 0. The third-order valence-corrected chi connectivity index (χ3v) is 5.55. The number of carbonyl (C=O) groups is 1. The molecule has 0 radical (unpaired) electrons. The SMILES string of the molecule is O=C(OCc1ccccc1)N1C2COCC1CC(O)(c1cccnc1C(F)(F)F)C2. The van der Waals surface area contributed by atoms with Crippen LogP contribution in [0.2, 0.25) is 0 Å². The first-order valence-electron chi connectivity index (χ1n) is 9.60. The number of aliphatic hydroxyl groups is 1. The van der Waals surface area contributed by atoms with Crippen LogP contribution in [-0.4, -0.2) is 46.4 Å². The van der Waals surface area contributed by atoms with Gasteiger partial charge in [0.15, 0.2) is 0 Å². The summed E-state index contributed by atoms with van der Waals surface area (Å²) in [6.45, 7) is 0.309. The molecule has 2 aliphatic heterocycles. The Kier molecular flexibility index (Phi) is 5.42. The lowest BCUT2D eigenvalue weighted by Crippen LogP contribution is -2.62. The highest BCUT2D eigenvalue weighted by Gasteiger charge is 2.52. The van der Waals surface area contributed by atoms with Crippen LogP contribution in [0.15, 0.2) is 48.7 Å². The van der Waals surface area contributed by atoms with Gasteiger partial charge in [-0.25, -0.2) is 4.79 Å². The largest absolute Gasteiger partial charge is 0.445 e. The van der Waals surface area contributed by atoms with E-state index in [1.165, 1.54) is 17.0 Å². The van der Waals surface area contributed by atoms with Crippen molar-refractivity contribution < 1.29 is 32.5 Å². The number of amides is 1. The number of benzene rings is 1. The van der Waals surface area contributed by atoms with Crippen LogP contribution in [0, 0.1) is 0 Å². The Balaban J connectivity index is 1.55. The fraction of sp³-hybridized carbons (Fsp3) is 0.429. The Morgan fingerprint density at radius 1 is 1.17 bits per heavy atom. The van der Waals surface area contributed by atoms with E-state index in [4.69, 9.17) is 9.47 Å². The minimum Gasteiger partial charge on any atom is -0.445 e. The third-order valence-electron chi connectivity index (χ3n) is 5.55. The second kappa shape index (κ2) is 7.88. The molecule has 1 N–H and O–H groups in total. The van der Waals surface area contributed by atoms with Gasteiger partial charge in [-0.3, -0.25) is 9.88 Å². The summed E-state index contributed by atoms with van der Waals surface area (Å²) in [4.78, 5) is 17.7. The molecule has 4 rings (SSSR count). The molecule has 160 valence electrons. The van der Waals surface area contributed by atoms with Crippen molar-refractivity contribution in [1.82, 2.24) is 9.88 Å². The number of piperidine rings is 1. The van der Waals surface area contributed by atoms with Crippen LogP contribution in [0.5, 0.6) is 0 Å². The lowest BCUT2D eigenvalue weighted by molar-refractivity contribution is -0.155. The van der Waals surface area contributed by atoms with E-state index in [9.17, 15) is 23.1 Å². The molecule has 2 aliphatic rings. The van der Waals surface area contributed by atoms with Gasteiger partial charge in [0.2, 0.25) is 0 Å². The minimum absolute atomic E-state index is 0.0849. The summed E-state index contributed by atoms with van der Waals surface area (Å²) in [5.41, 5.74) is -2.32. The molecule has 2 fully saturated rings. The number of nitrogens with zero attached hydrogens (tertiary/aromatic N) is 2. The van der Waals surface area contributed by atoms with Crippen LogP contribution in [0.3, 0.4) is 0 Å². The Morgan fingerprint density at radius 2 is 1.83 bits per heavy atom. The van der Waals surface area contributed by atoms with E-state index >= 15 is 0 Å². The average molecular weight is 422 g/mol. The van der Waals surface area contributed by atoms with Gasteiger partial charge in [0.25, 0.3) is 0 Å². The number of aromatic nitrogens is 1. The van der Waals surface area contributed by atoms with Crippen molar-refractivity contribution in [3.8, 4) is 0 Å². The molecule has 2 aromatic rings. The van der Waals surface area contributed by atoms with Gasteiger partial charge in [0.1, 0.15) is 12.3 Å². The van der Waals surface area contributed by atoms with Crippen LogP contribution < -0.4 is 0 Å². The van der Waals surface area contributed by atoms with E-state index in [0.717, 1.165) is 11.8 Å². The summed E-state index contributed by atoms with van der Waals surface area (Å²) in [6.07, 6.45) is -4.40. The first kappa shape index (κ1) is 20.6. The molecule has 6 nitrogen and oxygen atoms in total. The maximum Gasteiger partial charge on any atom is 0.433 e. The number of alkyl halides is 3. The van der Waals surface area contributed by atoms with Gasteiger partial charge in [0.05, 0.1) is 30.9 Å². The summed E-state index contributed by atoms with van der Waals surface area (Å²) >= 11 is 0. The Labute approximate surface area is 171 Å². The Bertz CT molecular complexity index is 893. The van der Waals surface area contributed by atoms with Gasteiger partial charge in [-0.15, -0.1) is 0 Å². The van der Waals surface area contributed by atoms with Gasteiger partial charge in [-0.2, -0.15) is 13.2 Å². The summed E-state index contributed by atoms with van der Waals surface area (Å²) in [6, 6.07) is 10.6. The summed E-state index contributed by atoms with van der Waals surface area (Å²) in [7, 11) is 0. The van der Waals surface area contributed by atoms with Crippen LogP contribution >= 0.6 is 0 Å². The van der Waals surface area contributed by atoms with Crippen molar-refractivity contribution in [2.75, 3.05) is 13.2 Å². The Hall–Kier alpha value is -2.65. The quantitative estimate of drug-likeness (QED) is 0.820. The van der Waals surface area contributed by atoms with E-state index in [1.807, 2.05) is 30.3 Å². The highest BCUT2D eigenvalue weighted by Crippen LogP contribution is 2.44. The highest BCUT2D eigenvalue weighted by molar-refractivity contribution is 5.69. The number of halogens is 3. The molecule has 1 aromatic heterocycles. The zero-order valence-corrected chi connectivity index (χ0v) is 16.0. The molecular formula is C21H21F3N2O4. The third kappa shape index (κ3) is 3.99. The smallest absolute Gasteiger partial charge is 0.433 e. The predicted octanol–water partition coefficient (Wildman–Crippen LogP) is 3.49. The molecular weight excluding hydrogens is 401 g/mol. The second-order valence-corrected chi connectivity index (χ2v) is 7.63. The molecule has 3 heterocycles. The molecule has 1 aromatic carbocycles. The lowest BCUT2D eigenvalue weighted by atomic mass is 9.76. The molecule has 0 saturated carbocycles. The minimum atomic E-state index is -4.69. The van der Waals surface area contributed by atoms with Crippen molar-refractivity contribution >= 4 is 6.09 Å². The second-order valence-electron chi connectivity index (χ2n) is 7.63. The molecule has 2 atom stereocenters. The van der Waals surface area contributed by atoms with E-state index in [2.05, 4.69) is 4.98 Å². The molecule has 0 spiro atoms. The maximum absolute atomic E-state index is 13.4. The first-order chi connectivity index (χ1) is 14.3. The molecule has 30 heavy (non-hydrogen) atoms. The van der Waals surface area contributed by atoms with E-state index in [0.29, 0.717) is 0 Å². The molecule has 9 heteroatoms. The fourth-order valence-electron chi connectivity index (χ4n) is 4.29. The van der Waals surface area contributed by atoms with Crippen molar-refractivity contribution in [2.24, 2.45) is 0 Å². The van der Waals surface area contributed by atoms with Crippen LogP contribution in [-0.2, 0) is 27.9 Å². The van der Waals surface area contributed by atoms with Crippen LogP contribution in [0.4, 0.5) is 18.0 Å². The highest BCUT2D eigenvalue weighted by atomic mass is 19.4. The normalized spacial score (nSPS) is 26.3. The van der Waals surface area contributed by atoms with E-state index in [1.54, 1.807) is 0 Å². The monoisotopic (exact) mass is 422 g/mol. The van der Waals surface area contributed by atoms with Crippen molar-refractivity contribution in [1.29, 1.82) is 0 Å². The van der Waals surface area contributed by atoms with Crippen LogP contribution in [0.25, 0.3) is 0 Å². The number of morpholine rings is 1. The number of fused-ring (bicyclic) bond motifs is 2. The van der Waals surface area contributed by atoms with Gasteiger partial charge in [0, 0.05) is 24.6 Å². The maximum atomic E-state index is 13.4. The van der Waals surface area contributed by atoms with Gasteiger partial charge < -0.3 is 14.6 Å².